The van der Waals surface area contributed by atoms with Crippen molar-refractivity contribution in [3.8, 4) is 0 Å². The lowest BCUT2D eigenvalue weighted by Gasteiger charge is -2.43. The molecule has 3 rings (SSSR count). The molecule has 128 valence electrons. The second-order valence-electron chi connectivity index (χ2n) is 6.72. The fourth-order valence-corrected chi connectivity index (χ4v) is 6.88. The summed E-state index contributed by atoms with van der Waals surface area (Å²) in [4.78, 5) is 15.2. The Kier molecular flexibility index (Phi) is 4.58. The summed E-state index contributed by atoms with van der Waals surface area (Å²) in [6, 6.07) is 0.185. The molecule has 23 heavy (non-hydrogen) atoms. The number of halogens is 2. The molecule has 1 spiro atoms. The molecule has 0 unspecified atom stereocenters. The van der Waals surface area contributed by atoms with Crippen LogP contribution in [0.25, 0.3) is 0 Å². The molecule has 4 atom stereocenters. The summed E-state index contributed by atoms with van der Waals surface area (Å²) in [6.07, 6.45) is 4.32. The fraction of sp³-hybridized carbons (Fsp3) is 0.706. The minimum absolute atomic E-state index is 0.0415. The number of amides is 1. The molecule has 3 aliphatic rings. The number of ether oxygens (including phenoxy) is 2. The first kappa shape index (κ1) is 17.6. The van der Waals surface area contributed by atoms with Gasteiger partial charge >= 0.3 is 0 Å². The number of fused-ring (bicyclic) bond motifs is 1. The van der Waals surface area contributed by atoms with E-state index in [0.717, 1.165) is 28.2 Å². The van der Waals surface area contributed by atoms with E-state index in [-0.39, 0.29) is 23.8 Å². The van der Waals surface area contributed by atoms with Crippen molar-refractivity contribution in [2.24, 2.45) is 17.3 Å². The van der Waals surface area contributed by atoms with Gasteiger partial charge in [-0.3, -0.25) is 4.79 Å². The van der Waals surface area contributed by atoms with E-state index in [1.54, 1.807) is 20.3 Å². The second-order valence-corrected chi connectivity index (χ2v) is 8.36. The van der Waals surface area contributed by atoms with Gasteiger partial charge in [-0.2, -0.15) is 0 Å². The zero-order valence-electron chi connectivity index (χ0n) is 13.8. The number of hydrogen-bond acceptors (Lipinski definition) is 3. The van der Waals surface area contributed by atoms with Crippen LogP contribution in [0.3, 0.4) is 0 Å². The van der Waals surface area contributed by atoms with E-state index in [0.29, 0.717) is 6.54 Å². The van der Waals surface area contributed by atoms with Crippen molar-refractivity contribution in [3.63, 3.8) is 0 Å². The topological polar surface area (TPSA) is 38.8 Å². The zero-order chi connectivity index (χ0) is 17.0. The van der Waals surface area contributed by atoms with Crippen LogP contribution < -0.4 is 0 Å². The lowest BCUT2D eigenvalue weighted by Crippen LogP contribution is -2.52. The Morgan fingerprint density at radius 3 is 2.57 bits per heavy atom. The molecule has 2 fully saturated rings. The maximum Gasteiger partial charge on any atom is 0.227 e. The molecule has 2 bridgehead atoms. The van der Waals surface area contributed by atoms with Crippen LogP contribution in [-0.2, 0) is 14.3 Å². The minimum Gasteiger partial charge on any atom is -0.352 e. The van der Waals surface area contributed by atoms with E-state index in [2.05, 4.69) is 45.4 Å². The largest absolute Gasteiger partial charge is 0.352 e. The van der Waals surface area contributed by atoms with Crippen LogP contribution in [0.1, 0.15) is 26.2 Å². The second kappa shape index (κ2) is 5.97. The standard InChI is InChI=1S/C17H23Br2NO3/c1-5-8-20-10(2)6-7-16-12(15(20)21)9-11(13(18)14(16)19)17(16,22-3)23-4/h5,10-12H,1,6-9H2,2-4H3/t10-,11+,12+,16-/m1/s1. The molecule has 1 amide bonds. The Morgan fingerprint density at radius 1 is 1.35 bits per heavy atom. The third-order valence-electron chi connectivity index (χ3n) is 6.06. The van der Waals surface area contributed by atoms with Gasteiger partial charge in [0, 0.05) is 41.7 Å². The lowest BCUT2D eigenvalue weighted by atomic mass is 9.72. The smallest absolute Gasteiger partial charge is 0.227 e. The van der Waals surface area contributed by atoms with Gasteiger partial charge in [-0.25, -0.2) is 0 Å². The van der Waals surface area contributed by atoms with Crippen LogP contribution in [0, 0.1) is 17.3 Å². The molecule has 0 radical (unpaired) electrons. The molecule has 0 N–H and O–H groups in total. The van der Waals surface area contributed by atoms with Gasteiger partial charge in [0.2, 0.25) is 5.91 Å². The zero-order valence-corrected chi connectivity index (χ0v) is 16.9. The van der Waals surface area contributed by atoms with Crippen molar-refractivity contribution in [2.45, 2.75) is 38.0 Å². The molecule has 1 saturated carbocycles. The average molecular weight is 449 g/mol. The number of likely N-dealkylation sites (tertiary alicyclic amines) is 1. The summed E-state index contributed by atoms with van der Waals surface area (Å²) in [6.45, 7) is 6.51. The SMILES string of the molecule is C=CCN1C(=O)[C@@H]2C[C@H]3C(Br)=C(Br)[C@]2(CC[C@H]1C)C3(OC)OC. The van der Waals surface area contributed by atoms with Gasteiger partial charge in [-0.1, -0.05) is 37.9 Å². The molecule has 0 aromatic rings. The van der Waals surface area contributed by atoms with Crippen LogP contribution in [0.4, 0.5) is 0 Å². The van der Waals surface area contributed by atoms with Gasteiger partial charge < -0.3 is 14.4 Å². The summed E-state index contributed by atoms with van der Waals surface area (Å²) >= 11 is 7.49. The molecule has 2 aliphatic carbocycles. The highest BCUT2D eigenvalue weighted by molar-refractivity contribution is 9.14. The average Bonchev–Trinajstić information content (AvgIpc) is 2.89. The Labute approximate surface area is 154 Å². The van der Waals surface area contributed by atoms with Crippen LogP contribution >= 0.6 is 31.9 Å². The van der Waals surface area contributed by atoms with Crippen LogP contribution in [-0.4, -0.2) is 43.4 Å². The van der Waals surface area contributed by atoms with Gasteiger partial charge in [0.1, 0.15) is 0 Å². The normalized spacial score (nSPS) is 38.7. The van der Waals surface area contributed by atoms with Crippen molar-refractivity contribution in [2.75, 3.05) is 20.8 Å². The van der Waals surface area contributed by atoms with Crippen molar-refractivity contribution in [3.05, 3.63) is 21.6 Å². The number of methoxy groups -OCH3 is 2. The first-order valence-electron chi connectivity index (χ1n) is 7.98. The van der Waals surface area contributed by atoms with Crippen molar-refractivity contribution < 1.29 is 14.3 Å². The predicted molar refractivity (Wildman–Crippen MR) is 96.3 cm³/mol. The summed E-state index contributed by atoms with van der Waals surface area (Å²) in [5, 5.41) is 0. The Balaban J connectivity index is 2.14. The summed E-state index contributed by atoms with van der Waals surface area (Å²) in [5.74, 6) is -0.685. The van der Waals surface area contributed by atoms with Gasteiger partial charge in [0.25, 0.3) is 0 Å². The van der Waals surface area contributed by atoms with Gasteiger partial charge in [-0.05, 0) is 26.2 Å². The summed E-state index contributed by atoms with van der Waals surface area (Å²) in [5.41, 5.74) is -0.457. The number of hydrogen-bond donors (Lipinski definition) is 0. The fourth-order valence-electron chi connectivity index (χ4n) is 5.01. The molecule has 0 aromatic carbocycles. The number of rotatable bonds is 4. The van der Waals surface area contributed by atoms with Crippen LogP contribution in [0.2, 0.25) is 0 Å². The lowest BCUT2D eigenvalue weighted by molar-refractivity contribution is -0.264. The van der Waals surface area contributed by atoms with E-state index in [9.17, 15) is 4.79 Å². The number of carbonyl (C=O) groups is 1. The van der Waals surface area contributed by atoms with Gasteiger partial charge in [0.05, 0.1) is 11.3 Å². The molecule has 1 aliphatic heterocycles. The molecule has 1 saturated heterocycles. The predicted octanol–water partition coefficient (Wildman–Crippen LogP) is 3.81. The molecule has 1 heterocycles. The van der Waals surface area contributed by atoms with Crippen molar-refractivity contribution >= 4 is 37.8 Å². The Morgan fingerprint density at radius 2 is 2.00 bits per heavy atom. The highest BCUT2D eigenvalue weighted by Gasteiger charge is 2.75. The molecular formula is C17H23Br2NO3. The van der Waals surface area contributed by atoms with Crippen LogP contribution in [0.15, 0.2) is 21.6 Å². The van der Waals surface area contributed by atoms with E-state index in [1.165, 1.54) is 0 Å². The molecular weight excluding hydrogens is 426 g/mol. The Bertz CT molecular complexity index is 572. The highest BCUT2D eigenvalue weighted by Crippen LogP contribution is 2.72. The summed E-state index contributed by atoms with van der Waals surface area (Å²) < 4.78 is 14.0. The van der Waals surface area contributed by atoms with E-state index in [4.69, 9.17) is 9.47 Å². The maximum absolute atomic E-state index is 13.3. The quantitative estimate of drug-likeness (QED) is 0.484. The minimum atomic E-state index is -0.783. The van der Waals surface area contributed by atoms with E-state index >= 15 is 0 Å². The maximum atomic E-state index is 13.3. The third-order valence-corrected chi connectivity index (χ3v) is 8.67. The first-order valence-corrected chi connectivity index (χ1v) is 9.57. The third kappa shape index (κ3) is 1.98. The Hall–Kier alpha value is -0.170. The van der Waals surface area contributed by atoms with Crippen molar-refractivity contribution in [1.29, 1.82) is 0 Å². The van der Waals surface area contributed by atoms with Gasteiger partial charge in [-0.15, -0.1) is 6.58 Å². The first-order chi connectivity index (χ1) is 10.9. The molecule has 0 aromatic heterocycles. The van der Waals surface area contributed by atoms with Crippen LogP contribution in [0.5, 0.6) is 0 Å². The summed E-state index contributed by atoms with van der Waals surface area (Å²) in [7, 11) is 3.37. The van der Waals surface area contributed by atoms with E-state index in [1.807, 2.05) is 4.90 Å². The molecule has 6 heteroatoms. The molecule has 4 nitrogen and oxygen atoms in total. The number of nitrogens with zero attached hydrogens (tertiary/aromatic N) is 1. The monoisotopic (exact) mass is 447 g/mol. The highest BCUT2D eigenvalue weighted by atomic mass is 79.9. The van der Waals surface area contributed by atoms with Crippen molar-refractivity contribution in [1.82, 2.24) is 4.90 Å². The van der Waals surface area contributed by atoms with Gasteiger partial charge in [0.15, 0.2) is 5.79 Å². The van der Waals surface area contributed by atoms with E-state index < -0.39 is 11.2 Å². The number of carbonyl (C=O) groups excluding carboxylic acids is 1.